The Morgan fingerprint density at radius 2 is 2.11 bits per heavy atom. The summed E-state index contributed by atoms with van der Waals surface area (Å²) < 4.78 is 18.5. The van der Waals surface area contributed by atoms with Crippen LogP contribution >= 0.6 is 0 Å². The molecule has 2 rings (SSSR count). The zero-order chi connectivity index (χ0) is 13.7. The first-order valence-electron chi connectivity index (χ1n) is 6.80. The summed E-state index contributed by atoms with van der Waals surface area (Å²) in [5.74, 6) is -0.167. The summed E-state index contributed by atoms with van der Waals surface area (Å²) in [6.45, 7) is 4.86. The average Bonchev–Trinajstić information content (AvgIpc) is 2.44. The number of rotatable bonds is 5. The molecule has 0 bridgehead atoms. The van der Waals surface area contributed by atoms with Gasteiger partial charge in [-0.15, -0.1) is 0 Å². The lowest BCUT2D eigenvalue weighted by Crippen LogP contribution is -2.41. The summed E-state index contributed by atoms with van der Waals surface area (Å²) in [7, 11) is 0. The Hall–Kier alpha value is -0.970. The number of halogens is 1. The molecule has 0 spiro atoms. The van der Waals surface area contributed by atoms with Crippen LogP contribution in [0, 0.1) is 18.2 Å². The monoisotopic (exact) mass is 267 g/mol. The van der Waals surface area contributed by atoms with Gasteiger partial charge in [0.1, 0.15) is 5.82 Å². The molecule has 0 aliphatic carbocycles. The molecule has 3 nitrogen and oxygen atoms in total. The van der Waals surface area contributed by atoms with E-state index in [0.29, 0.717) is 12.1 Å². The number of hydrogen-bond donors (Lipinski definition) is 2. The fraction of sp³-hybridized carbons (Fsp3) is 0.600. The van der Waals surface area contributed by atoms with Gasteiger partial charge in [0.15, 0.2) is 0 Å². The quantitative estimate of drug-likeness (QED) is 0.857. The largest absolute Gasteiger partial charge is 0.396 e. The molecule has 0 unspecified atom stereocenters. The van der Waals surface area contributed by atoms with Gasteiger partial charge in [-0.2, -0.15) is 0 Å². The van der Waals surface area contributed by atoms with Crippen LogP contribution in [0.3, 0.4) is 0 Å². The SMILES string of the molecule is Cc1cc(CNCC2(CO)CCOCC2)ccc1F. The van der Waals surface area contributed by atoms with Crippen LogP contribution in [-0.4, -0.2) is 31.5 Å². The summed E-state index contributed by atoms with van der Waals surface area (Å²) in [4.78, 5) is 0. The number of aryl methyl sites for hydroxylation is 1. The second kappa shape index (κ2) is 6.46. The molecule has 1 aromatic carbocycles. The first-order chi connectivity index (χ1) is 9.15. The molecule has 0 atom stereocenters. The number of aliphatic hydroxyl groups is 1. The zero-order valence-electron chi connectivity index (χ0n) is 11.4. The van der Waals surface area contributed by atoms with Crippen LogP contribution in [0.4, 0.5) is 4.39 Å². The Balaban J connectivity index is 1.86. The van der Waals surface area contributed by atoms with Crippen LogP contribution in [0.25, 0.3) is 0 Å². The minimum absolute atomic E-state index is 0.0622. The second-order valence-electron chi connectivity index (χ2n) is 5.46. The van der Waals surface area contributed by atoms with Crippen LogP contribution in [0.15, 0.2) is 18.2 Å². The maximum Gasteiger partial charge on any atom is 0.126 e. The molecule has 1 heterocycles. The van der Waals surface area contributed by atoms with Gasteiger partial charge >= 0.3 is 0 Å². The number of benzene rings is 1. The molecule has 1 fully saturated rings. The van der Waals surface area contributed by atoms with Gasteiger partial charge in [-0.05, 0) is 37.0 Å². The lowest BCUT2D eigenvalue weighted by Gasteiger charge is -2.35. The van der Waals surface area contributed by atoms with Gasteiger partial charge in [0.25, 0.3) is 0 Å². The molecule has 0 aromatic heterocycles. The molecule has 1 aliphatic rings. The van der Waals surface area contributed by atoms with E-state index in [1.54, 1.807) is 13.0 Å². The van der Waals surface area contributed by atoms with E-state index in [1.165, 1.54) is 6.07 Å². The summed E-state index contributed by atoms with van der Waals surface area (Å²) in [5.41, 5.74) is 1.68. The minimum Gasteiger partial charge on any atom is -0.396 e. The van der Waals surface area contributed by atoms with Crippen molar-refractivity contribution in [3.8, 4) is 0 Å². The molecule has 106 valence electrons. The van der Waals surface area contributed by atoms with E-state index >= 15 is 0 Å². The van der Waals surface area contributed by atoms with Crippen molar-refractivity contribution in [3.63, 3.8) is 0 Å². The van der Waals surface area contributed by atoms with E-state index in [1.807, 2.05) is 6.07 Å². The molecule has 1 aliphatic heterocycles. The third-order valence-electron chi connectivity index (χ3n) is 3.94. The minimum atomic E-state index is -0.167. The predicted octanol–water partition coefficient (Wildman–Crippen LogP) is 2.01. The lowest BCUT2D eigenvalue weighted by molar-refractivity contribution is -0.0154. The van der Waals surface area contributed by atoms with Gasteiger partial charge in [-0.25, -0.2) is 4.39 Å². The van der Waals surface area contributed by atoms with E-state index in [4.69, 9.17) is 4.74 Å². The van der Waals surface area contributed by atoms with Crippen molar-refractivity contribution in [1.29, 1.82) is 0 Å². The third kappa shape index (κ3) is 3.75. The van der Waals surface area contributed by atoms with Crippen molar-refractivity contribution in [2.24, 2.45) is 5.41 Å². The molecule has 4 heteroatoms. The highest BCUT2D eigenvalue weighted by Gasteiger charge is 2.31. The molecule has 0 radical (unpaired) electrons. The predicted molar refractivity (Wildman–Crippen MR) is 72.4 cm³/mol. The molecule has 2 N–H and O–H groups in total. The van der Waals surface area contributed by atoms with E-state index in [-0.39, 0.29) is 17.8 Å². The summed E-state index contributed by atoms with van der Waals surface area (Å²) >= 11 is 0. The zero-order valence-corrected chi connectivity index (χ0v) is 11.4. The Kier molecular flexibility index (Phi) is 4.91. The van der Waals surface area contributed by atoms with Crippen LogP contribution in [0.2, 0.25) is 0 Å². The Morgan fingerprint density at radius 1 is 1.37 bits per heavy atom. The maximum atomic E-state index is 13.2. The van der Waals surface area contributed by atoms with Gasteiger partial charge in [0.05, 0.1) is 6.61 Å². The second-order valence-corrected chi connectivity index (χ2v) is 5.46. The van der Waals surface area contributed by atoms with Crippen LogP contribution in [0.5, 0.6) is 0 Å². The van der Waals surface area contributed by atoms with Crippen molar-refractivity contribution < 1.29 is 14.2 Å². The topological polar surface area (TPSA) is 41.5 Å². The van der Waals surface area contributed by atoms with Gasteiger partial charge < -0.3 is 15.2 Å². The normalized spacial score (nSPS) is 18.5. The smallest absolute Gasteiger partial charge is 0.126 e. The van der Waals surface area contributed by atoms with Gasteiger partial charge in [-0.1, -0.05) is 12.1 Å². The lowest BCUT2D eigenvalue weighted by atomic mass is 9.81. The molecule has 1 aromatic rings. The van der Waals surface area contributed by atoms with E-state index in [0.717, 1.165) is 38.2 Å². The summed E-state index contributed by atoms with van der Waals surface area (Å²) in [6.07, 6.45) is 1.78. The Morgan fingerprint density at radius 3 is 2.74 bits per heavy atom. The van der Waals surface area contributed by atoms with Gasteiger partial charge in [-0.3, -0.25) is 0 Å². The molecular weight excluding hydrogens is 245 g/mol. The number of nitrogens with one attached hydrogen (secondary N) is 1. The van der Waals surface area contributed by atoms with Crippen molar-refractivity contribution >= 4 is 0 Å². The molecule has 19 heavy (non-hydrogen) atoms. The standard InChI is InChI=1S/C15H22FNO2/c1-12-8-13(2-3-14(12)16)9-17-10-15(11-18)4-6-19-7-5-15/h2-3,8,17-18H,4-7,9-11H2,1H3. The average molecular weight is 267 g/mol. The van der Waals surface area contributed by atoms with E-state index in [9.17, 15) is 9.50 Å². The van der Waals surface area contributed by atoms with Crippen molar-refractivity contribution in [3.05, 3.63) is 35.1 Å². The highest BCUT2D eigenvalue weighted by molar-refractivity contribution is 5.23. The molecule has 1 saturated heterocycles. The molecule has 0 saturated carbocycles. The van der Waals surface area contributed by atoms with Crippen molar-refractivity contribution in [2.45, 2.75) is 26.3 Å². The molecule has 0 amide bonds. The summed E-state index contributed by atoms with van der Waals surface area (Å²) in [5, 5.41) is 12.9. The number of aliphatic hydroxyl groups excluding tert-OH is 1. The Bertz CT molecular complexity index is 417. The van der Waals surface area contributed by atoms with Gasteiger partial charge in [0, 0.05) is 31.7 Å². The fourth-order valence-corrected chi connectivity index (χ4v) is 2.48. The van der Waals surface area contributed by atoms with Gasteiger partial charge in [0.2, 0.25) is 0 Å². The van der Waals surface area contributed by atoms with Crippen LogP contribution in [0.1, 0.15) is 24.0 Å². The number of hydrogen-bond acceptors (Lipinski definition) is 3. The maximum absolute atomic E-state index is 13.2. The highest BCUT2D eigenvalue weighted by Crippen LogP contribution is 2.29. The first kappa shape index (κ1) is 14.4. The van der Waals surface area contributed by atoms with E-state index in [2.05, 4.69) is 5.32 Å². The number of ether oxygens (including phenoxy) is 1. The fourth-order valence-electron chi connectivity index (χ4n) is 2.48. The first-order valence-corrected chi connectivity index (χ1v) is 6.80. The van der Waals surface area contributed by atoms with Crippen LogP contribution in [-0.2, 0) is 11.3 Å². The van der Waals surface area contributed by atoms with Crippen molar-refractivity contribution in [1.82, 2.24) is 5.32 Å². The van der Waals surface area contributed by atoms with Crippen LogP contribution < -0.4 is 5.32 Å². The van der Waals surface area contributed by atoms with Crippen molar-refractivity contribution in [2.75, 3.05) is 26.4 Å². The van der Waals surface area contributed by atoms with E-state index < -0.39 is 0 Å². The highest BCUT2D eigenvalue weighted by atomic mass is 19.1. The summed E-state index contributed by atoms with van der Waals surface area (Å²) in [6, 6.07) is 5.16. The molecular formula is C15H22FNO2. The Labute approximate surface area is 113 Å². The third-order valence-corrected chi connectivity index (χ3v) is 3.94.